The average molecular weight is 1040 g/mol. The summed E-state index contributed by atoms with van der Waals surface area (Å²) in [7, 11) is 0. The van der Waals surface area contributed by atoms with Gasteiger partial charge in [0.05, 0.1) is 0 Å². The van der Waals surface area contributed by atoms with Gasteiger partial charge < -0.3 is 14.2 Å². The molecule has 0 radical (unpaired) electrons. The molecule has 0 aliphatic rings. The molecule has 0 saturated carbocycles. The molecule has 0 rings (SSSR count). The van der Waals surface area contributed by atoms with Gasteiger partial charge in [-0.1, -0.05) is 301 Å². The van der Waals surface area contributed by atoms with Crippen LogP contribution < -0.4 is 0 Å². The quantitative estimate of drug-likeness (QED) is 0.0261. The summed E-state index contributed by atoms with van der Waals surface area (Å²) in [5, 5.41) is 0. The van der Waals surface area contributed by atoms with Gasteiger partial charge in [0.2, 0.25) is 0 Å². The van der Waals surface area contributed by atoms with Crippen LogP contribution in [0.5, 0.6) is 0 Å². The minimum Gasteiger partial charge on any atom is -0.462 e. The monoisotopic (exact) mass is 1040 g/mol. The fraction of sp³-hybridized carbons (Fsp3) is 0.838. The molecule has 0 aromatic heterocycles. The summed E-state index contributed by atoms with van der Waals surface area (Å²) in [6, 6.07) is 0. The SMILES string of the molecule is CC/C=C\C/C=C\C/C=C\CCCCCCCCCC(=O)OC(COC(=O)CCCCCCCCCCCCC/C=C\CCCCCCCCCC)COC(=O)CCCCCCCCCCCCCCCCCC. The number of unbranched alkanes of at least 4 members (excludes halogenated alkanes) is 41. The molecule has 0 saturated heterocycles. The van der Waals surface area contributed by atoms with Crippen LogP contribution in [0.25, 0.3) is 0 Å². The molecule has 0 aliphatic carbocycles. The Morgan fingerprint density at radius 2 is 0.527 bits per heavy atom. The third-order valence-electron chi connectivity index (χ3n) is 14.6. The number of carbonyl (C=O) groups is 3. The number of hydrogen-bond acceptors (Lipinski definition) is 6. The summed E-state index contributed by atoms with van der Waals surface area (Å²) in [4.78, 5) is 38.3. The summed E-state index contributed by atoms with van der Waals surface area (Å²) >= 11 is 0. The lowest BCUT2D eigenvalue weighted by molar-refractivity contribution is -0.167. The maximum atomic E-state index is 12.9. The van der Waals surface area contributed by atoms with Crippen molar-refractivity contribution in [1.29, 1.82) is 0 Å². The summed E-state index contributed by atoms with van der Waals surface area (Å²) in [5.41, 5.74) is 0. The Labute approximate surface area is 460 Å². The van der Waals surface area contributed by atoms with E-state index < -0.39 is 6.10 Å². The van der Waals surface area contributed by atoms with Crippen molar-refractivity contribution in [2.24, 2.45) is 0 Å². The van der Waals surface area contributed by atoms with Crippen LogP contribution in [0, 0.1) is 0 Å². The van der Waals surface area contributed by atoms with Crippen LogP contribution in [0.4, 0.5) is 0 Å². The van der Waals surface area contributed by atoms with Gasteiger partial charge in [-0.3, -0.25) is 14.4 Å². The van der Waals surface area contributed by atoms with Crippen LogP contribution >= 0.6 is 0 Å². The van der Waals surface area contributed by atoms with Gasteiger partial charge in [-0.15, -0.1) is 0 Å². The van der Waals surface area contributed by atoms with Gasteiger partial charge in [0.25, 0.3) is 0 Å². The summed E-state index contributed by atoms with van der Waals surface area (Å²) < 4.78 is 17.0. The Bertz CT molecular complexity index is 1280. The molecule has 74 heavy (non-hydrogen) atoms. The molecule has 0 bridgehead atoms. The molecule has 0 fully saturated rings. The molecule has 6 nitrogen and oxygen atoms in total. The molecule has 0 N–H and O–H groups in total. The largest absolute Gasteiger partial charge is 0.462 e. The maximum Gasteiger partial charge on any atom is 0.306 e. The van der Waals surface area contributed by atoms with E-state index in [0.717, 1.165) is 83.5 Å². The second-order valence-electron chi connectivity index (χ2n) is 22.0. The van der Waals surface area contributed by atoms with E-state index in [1.807, 2.05) is 0 Å². The Balaban J connectivity index is 4.31. The zero-order valence-corrected chi connectivity index (χ0v) is 49.6. The van der Waals surface area contributed by atoms with Crippen LogP contribution in [0.1, 0.15) is 348 Å². The molecule has 0 amide bonds. The number of carbonyl (C=O) groups excluding carboxylic acids is 3. The van der Waals surface area contributed by atoms with Crippen molar-refractivity contribution < 1.29 is 28.6 Å². The standard InChI is InChI=1S/C68H124O6/c1-4-7-10-13-16-19-22-25-28-31-32-33-34-35-36-38-40-43-46-49-52-55-58-61-67(70)73-64-65(63-72-66(69)60-57-54-51-48-45-42-39-30-27-24-21-18-15-12-9-6-3)74-68(71)62-59-56-53-50-47-44-41-37-29-26-23-20-17-14-11-8-5-2/h8,11,17,20,26,29,31-32,65H,4-7,9-10,12-16,18-19,21-25,27-28,30,33-64H2,1-3H3/b11-8-,20-17-,29-26-,32-31-. The van der Waals surface area contributed by atoms with Crippen LogP contribution in [0.2, 0.25) is 0 Å². The van der Waals surface area contributed by atoms with E-state index in [-0.39, 0.29) is 31.1 Å². The molecule has 0 aromatic rings. The van der Waals surface area contributed by atoms with Gasteiger partial charge in [0.15, 0.2) is 6.10 Å². The minimum atomic E-state index is -0.777. The smallest absolute Gasteiger partial charge is 0.306 e. The minimum absolute atomic E-state index is 0.0734. The number of allylic oxidation sites excluding steroid dienone is 8. The highest BCUT2D eigenvalue weighted by Gasteiger charge is 2.19. The van der Waals surface area contributed by atoms with Crippen LogP contribution in [-0.2, 0) is 28.6 Å². The number of esters is 3. The fourth-order valence-corrected chi connectivity index (χ4v) is 9.69. The van der Waals surface area contributed by atoms with Crippen LogP contribution in [0.3, 0.4) is 0 Å². The van der Waals surface area contributed by atoms with Gasteiger partial charge in [0.1, 0.15) is 13.2 Å². The fourth-order valence-electron chi connectivity index (χ4n) is 9.69. The second-order valence-corrected chi connectivity index (χ2v) is 22.0. The highest BCUT2D eigenvalue weighted by atomic mass is 16.6. The molecule has 6 heteroatoms. The van der Waals surface area contributed by atoms with E-state index in [4.69, 9.17) is 14.2 Å². The Hall–Kier alpha value is -2.63. The van der Waals surface area contributed by atoms with Gasteiger partial charge in [-0.05, 0) is 77.0 Å². The van der Waals surface area contributed by atoms with Crippen molar-refractivity contribution in [3.05, 3.63) is 48.6 Å². The molecular formula is C68H124O6. The van der Waals surface area contributed by atoms with Crippen molar-refractivity contribution in [3.63, 3.8) is 0 Å². The molecular weight excluding hydrogens is 913 g/mol. The van der Waals surface area contributed by atoms with Gasteiger partial charge >= 0.3 is 17.9 Å². The third kappa shape index (κ3) is 60.2. The van der Waals surface area contributed by atoms with Gasteiger partial charge in [-0.2, -0.15) is 0 Å². The summed E-state index contributed by atoms with van der Waals surface area (Å²) in [6.07, 6.45) is 78.3. The van der Waals surface area contributed by atoms with E-state index in [1.54, 1.807) is 0 Å². The lowest BCUT2D eigenvalue weighted by Crippen LogP contribution is -2.30. The van der Waals surface area contributed by atoms with E-state index in [2.05, 4.69) is 69.4 Å². The first-order valence-corrected chi connectivity index (χ1v) is 32.6. The van der Waals surface area contributed by atoms with E-state index in [9.17, 15) is 14.4 Å². The first-order valence-electron chi connectivity index (χ1n) is 32.6. The first kappa shape index (κ1) is 71.4. The Morgan fingerprint density at radius 3 is 0.838 bits per heavy atom. The highest BCUT2D eigenvalue weighted by molar-refractivity contribution is 5.71. The molecule has 0 heterocycles. The normalized spacial score (nSPS) is 12.3. The first-order chi connectivity index (χ1) is 36.5. The predicted molar refractivity (Wildman–Crippen MR) is 321 cm³/mol. The zero-order valence-electron chi connectivity index (χ0n) is 49.6. The lowest BCUT2D eigenvalue weighted by Gasteiger charge is -2.18. The molecule has 0 aliphatic heterocycles. The van der Waals surface area contributed by atoms with Gasteiger partial charge in [-0.25, -0.2) is 0 Å². The number of hydrogen-bond donors (Lipinski definition) is 0. The third-order valence-corrected chi connectivity index (χ3v) is 14.6. The van der Waals surface area contributed by atoms with Crippen LogP contribution in [-0.4, -0.2) is 37.2 Å². The number of ether oxygens (including phenoxy) is 3. The molecule has 0 aromatic carbocycles. The van der Waals surface area contributed by atoms with Crippen molar-refractivity contribution in [3.8, 4) is 0 Å². The Morgan fingerprint density at radius 1 is 0.284 bits per heavy atom. The van der Waals surface area contributed by atoms with Gasteiger partial charge in [0, 0.05) is 19.3 Å². The molecule has 1 atom stereocenters. The Kier molecular flexibility index (Phi) is 60.7. The molecule has 0 spiro atoms. The van der Waals surface area contributed by atoms with Crippen molar-refractivity contribution >= 4 is 17.9 Å². The molecule has 432 valence electrons. The van der Waals surface area contributed by atoms with Crippen molar-refractivity contribution in [2.45, 2.75) is 354 Å². The lowest BCUT2D eigenvalue weighted by atomic mass is 10.0. The van der Waals surface area contributed by atoms with Crippen molar-refractivity contribution in [1.82, 2.24) is 0 Å². The van der Waals surface area contributed by atoms with E-state index in [0.29, 0.717) is 19.3 Å². The molecule has 1 unspecified atom stereocenters. The summed E-state index contributed by atoms with van der Waals surface area (Å²) in [5.74, 6) is -0.862. The zero-order chi connectivity index (χ0) is 53.6. The highest BCUT2D eigenvalue weighted by Crippen LogP contribution is 2.17. The van der Waals surface area contributed by atoms with E-state index in [1.165, 1.54) is 225 Å². The maximum absolute atomic E-state index is 12.9. The predicted octanol–water partition coefficient (Wildman–Crippen LogP) is 22.2. The average Bonchev–Trinajstić information content (AvgIpc) is 3.40. The van der Waals surface area contributed by atoms with Crippen LogP contribution in [0.15, 0.2) is 48.6 Å². The summed E-state index contributed by atoms with van der Waals surface area (Å²) in [6.45, 7) is 6.58. The second kappa shape index (κ2) is 62.9. The topological polar surface area (TPSA) is 78.9 Å². The van der Waals surface area contributed by atoms with Crippen molar-refractivity contribution in [2.75, 3.05) is 13.2 Å². The van der Waals surface area contributed by atoms with E-state index >= 15 is 0 Å². The number of rotatable bonds is 60.